The predicted octanol–water partition coefficient (Wildman–Crippen LogP) is 1.62. The Kier molecular flexibility index (Phi) is 3.19. The molecular formula is C10H12N2O2. The lowest BCUT2D eigenvalue weighted by Crippen LogP contribution is -1.96. The van der Waals surface area contributed by atoms with E-state index < -0.39 is 0 Å². The van der Waals surface area contributed by atoms with Crippen molar-refractivity contribution in [2.24, 2.45) is 0 Å². The fourth-order valence-corrected chi connectivity index (χ4v) is 1.18. The fraction of sp³-hybridized carbons (Fsp3) is 0.300. The van der Waals surface area contributed by atoms with Crippen LogP contribution in [0.3, 0.4) is 0 Å². The van der Waals surface area contributed by atoms with Gasteiger partial charge >= 0.3 is 0 Å². The summed E-state index contributed by atoms with van der Waals surface area (Å²) >= 11 is 0. The first kappa shape index (κ1) is 10.2. The average Bonchev–Trinajstić information content (AvgIpc) is 2.26. The van der Waals surface area contributed by atoms with E-state index in [4.69, 9.17) is 14.7 Å². The molecule has 0 fully saturated rings. The standard InChI is InChI=1S/C10H12N2O2/c1-12-8-5-10(14-3)9(13-2)4-7(8)6-11/h4-5,12H,1-3H3. The van der Waals surface area contributed by atoms with Gasteiger partial charge in [-0.2, -0.15) is 5.26 Å². The third-order valence-corrected chi connectivity index (χ3v) is 1.91. The minimum Gasteiger partial charge on any atom is -0.493 e. The third-order valence-electron chi connectivity index (χ3n) is 1.91. The monoisotopic (exact) mass is 192 g/mol. The molecule has 1 rings (SSSR count). The molecule has 0 aromatic heterocycles. The molecule has 0 saturated heterocycles. The molecule has 0 aliphatic carbocycles. The van der Waals surface area contributed by atoms with Crippen LogP contribution in [-0.2, 0) is 0 Å². The predicted molar refractivity (Wildman–Crippen MR) is 53.8 cm³/mol. The Morgan fingerprint density at radius 3 is 2.21 bits per heavy atom. The fourth-order valence-electron chi connectivity index (χ4n) is 1.18. The summed E-state index contributed by atoms with van der Waals surface area (Å²) in [6.07, 6.45) is 0. The molecule has 0 atom stereocenters. The topological polar surface area (TPSA) is 54.3 Å². The van der Waals surface area contributed by atoms with Crippen molar-refractivity contribution >= 4 is 5.69 Å². The Morgan fingerprint density at radius 1 is 1.21 bits per heavy atom. The Hall–Kier alpha value is -1.89. The molecule has 0 spiro atoms. The van der Waals surface area contributed by atoms with E-state index in [-0.39, 0.29) is 0 Å². The van der Waals surface area contributed by atoms with Gasteiger partial charge in [-0.3, -0.25) is 0 Å². The largest absolute Gasteiger partial charge is 0.493 e. The molecule has 0 aliphatic heterocycles. The first-order valence-electron chi connectivity index (χ1n) is 4.10. The first-order valence-corrected chi connectivity index (χ1v) is 4.10. The summed E-state index contributed by atoms with van der Waals surface area (Å²) < 4.78 is 10.2. The van der Waals surface area contributed by atoms with Crippen molar-refractivity contribution in [2.75, 3.05) is 26.6 Å². The second kappa shape index (κ2) is 4.38. The Labute approximate surface area is 83.1 Å². The summed E-state index contributed by atoms with van der Waals surface area (Å²) in [5.41, 5.74) is 1.26. The minimum absolute atomic E-state index is 0.533. The second-order valence-corrected chi connectivity index (χ2v) is 2.61. The molecule has 14 heavy (non-hydrogen) atoms. The van der Waals surface area contributed by atoms with Gasteiger partial charge in [-0.25, -0.2) is 0 Å². The molecule has 0 bridgehead atoms. The van der Waals surface area contributed by atoms with Crippen molar-refractivity contribution in [3.8, 4) is 17.6 Å². The number of nitrogens with zero attached hydrogens (tertiary/aromatic N) is 1. The lowest BCUT2D eigenvalue weighted by Gasteiger charge is -2.10. The van der Waals surface area contributed by atoms with E-state index in [2.05, 4.69) is 11.4 Å². The minimum atomic E-state index is 0.533. The van der Waals surface area contributed by atoms with Gasteiger partial charge in [0.25, 0.3) is 0 Å². The van der Waals surface area contributed by atoms with Crippen molar-refractivity contribution in [3.05, 3.63) is 17.7 Å². The lowest BCUT2D eigenvalue weighted by atomic mass is 10.1. The summed E-state index contributed by atoms with van der Waals surface area (Å²) in [6.45, 7) is 0. The number of anilines is 1. The highest BCUT2D eigenvalue weighted by molar-refractivity contribution is 5.64. The van der Waals surface area contributed by atoms with Gasteiger partial charge in [0.1, 0.15) is 6.07 Å². The number of methoxy groups -OCH3 is 2. The van der Waals surface area contributed by atoms with Gasteiger partial charge in [0.05, 0.1) is 25.5 Å². The van der Waals surface area contributed by atoms with Crippen LogP contribution in [0.2, 0.25) is 0 Å². The van der Waals surface area contributed by atoms with Gasteiger partial charge in [0.15, 0.2) is 11.5 Å². The number of benzene rings is 1. The summed E-state index contributed by atoms with van der Waals surface area (Å²) in [7, 11) is 4.85. The SMILES string of the molecule is CNc1cc(OC)c(OC)cc1C#N. The number of nitrogens with one attached hydrogen (secondary N) is 1. The van der Waals surface area contributed by atoms with Gasteiger partial charge in [-0.15, -0.1) is 0 Å². The number of nitriles is 1. The lowest BCUT2D eigenvalue weighted by molar-refractivity contribution is 0.355. The number of rotatable bonds is 3. The van der Waals surface area contributed by atoms with Gasteiger partial charge in [-0.1, -0.05) is 0 Å². The smallest absolute Gasteiger partial charge is 0.162 e. The number of hydrogen-bond donors (Lipinski definition) is 1. The van der Waals surface area contributed by atoms with Crippen LogP contribution in [0.25, 0.3) is 0 Å². The van der Waals surface area contributed by atoms with Crippen LogP contribution in [0.4, 0.5) is 5.69 Å². The maximum atomic E-state index is 8.85. The van der Waals surface area contributed by atoms with Gasteiger partial charge in [0, 0.05) is 19.2 Å². The van der Waals surface area contributed by atoms with E-state index in [0.29, 0.717) is 17.1 Å². The van der Waals surface area contributed by atoms with E-state index in [9.17, 15) is 0 Å². The highest BCUT2D eigenvalue weighted by Gasteiger charge is 2.09. The molecule has 74 valence electrons. The van der Waals surface area contributed by atoms with Crippen LogP contribution in [0.5, 0.6) is 11.5 Å². The van der Waals surface area contributed by atoms with E-state index in [1.807, 2.05) is 0 Å². The van der Waals surface area contributed by atoms with E-state index in [0.717, 1.165) is 5.69 Å². The number of hydrogen-bond acceptors (Lipinski definition) is 4. The molecule has 0 radical (unpaired) electrons. The van der Waals surface area contributed by atoms with Crippen molar-refractivity contribution in [1.29, 1.82) is 5.26 Å². The van der Waals surface area contributed by atoms with Crippen molar-refractivity contribution < 1.29 is 9.47 Å². The second-order valence-electron chi connectivity index (χ2n) is 2.61. The zero-order valence-electron chi connectivity index (χ0n) is 8.42. The highest BCUT2D eigenvalue weighted by atomic mass is 16.5. The van der Waals surface area contributed by atoms with Crippen LogP contribution < -0.4 is 14.8 Å². The molecule has 0 unspecified atom stereocenters. The number of ether oxygens (including phenoxy) is 2. The molecule has 4 heteroatoms. The van der Waals surface area contributed by atoms with Crippen LogP contribution in [-0.4, -0.2) is 21.3 Å². The molecule has 1 aromatic carbocycles. The van der Waals surface area contributed by atoms with E-state index in [1.54, 1.807) is 26.3 Å². The Bertz CT molecular complexity index is 369. The summed E-state index contributed by atoms with van der Waals surface area (Å²) in [4.78, 5) is 0. The van der Waals surface area contributed by atoms with Gasteiger partial charge in [0.2, 0.25) is 0 Å². The average molecular weight is 192 g/mol. The first-order chi connectivity index (χ1) is 6.76. The molecule has 0 aliphatic rings. The summed E-state index contributed by atoms with van der Waals surface area (Å²) in [5, 5.41) is 11.8. The molecule has 1 aromatic rings. The van der Waals surface area contributed by atoms with Crippen LogP contribution in [0.1, 0.15) is 5.56 Å². The van der Waals surface area contributed by atoms with Crippen LogP contribution in [0, 0.1) is 11.3 Å². The zero-order valence-corrected chi connectivity index (χ0v) is 8.42. The maximum Gasteiger partial charge on any atom is 0.162 e. The van der Waals surface area contributed by atoms with E-state index >= 15 is 0 Å². The van der Waals surface area contributed by atoms with Crippen LogP contribution in [0.15, 0.2) is 12.1 Å². The van der Waals surface area contributed by atoms with E-state index in [1.165, 1.54) is 7.11 Å². The molecular weight excluding hydrogens is 180 g/mol. The summed E-state index contributed by atoms with van der Waals surface area (Å²) in [5.74, 6) is 1.17. The van der Waals surface area contributed by atoms with Crippen molar-refractivity contribution in [1.82, 2.24) is 0 Å². The maximum absolute atomic E-state index is 8.85. The molecule has 0 saturated carbocycles. The summed E-state index contributed by atoms with van der Waals surface area (Å²) in [6, 6.07) is 5.45. The van der Waals surface area contributed by atoms with Crippen LogP contribution >= 0.6 is 0 Å². The molecule has 4 nitrogen and oxygen atoms in total. The third kappa shape index (κ3) is 1.72. The van der Waals surface area contributed by atoms with Gasteiger partial charge in [-0.05, 0) is 0 Å². The highest BCUT2D eigenvalue weighted by Crippen LogP contribution is 2.32. The van der Waals surface area contributed by atoms with Gasteiger partial charge < -0.3 is 14.8 Å². The zero-order chi connectivity index (χ0) is 10.6. The molecule has 0 heterocycles. The molecule has 1 N–H and O–H groups in total. The quantitative estimate of drug-likeness (QED) is 0.790. The van der Waals surface area contributed by atoms with Crippen molar-refractivity contribution in [3.63, 3.8) is 0 Å². The normalized spacial score (nSPS) is 9.00. The Balaban J connectivity index is 3.30. The molecule has 0 amide bonds. The Morgan fingerprint density at radius 2 is 1.79 bits per heavy atom. The van der Waals surface area contributed by atoms with Crippen molar-refractivity contribution in [2.45, 2.75) is 0 Å².